The summed E-state index contributed by atoms with van der Waals surface area (Å²) in [4.78, 5) is 18.1. The number of hydrogen-bond donors (Lipinski definition) is 1. The summed E-state index contributed by atoms with van der Waals surface area (Å²) in [5, 5.41) is 3.47. The molecule has 3 aromatic rings. The Labute approximate surface area is 329 Å². The zero-order valence-electron chi connectivity index (χ0n) is 35.3. The van der Waals surface area contributed by atoms with Gasteiger partial charge in [-0.1, -0.05) is 94.3 Å². The Morgan fingerprint density at radius 3 is 2.09 bits per heavy atom. The van der Waals surface area contributed by atoms with Crippen LogP contribution >= 0.6 is 11.6 Å². The standard InChI is InChI=1S/C15H22N2.C10H12O.C8H8ClF.C8H12.C4H11N.C2H6/c1-12(2)11-17-9-7-14(8-10-17)15-6-4-5-13(3)16-15;1-7-4-5-10(9(3)11)6-8(7)2;1-2-6-3-4-7(9)5-8(6)10;1-4-6-8(3)7-5-2;1-3-4-5-2;1-2/h4-6,14H,1,7-11H2,2-3H3;4-6H,1-3H3;3-5H,2H2,1H3;1,7H,5-6H2,2-3H3;5H,3-4H2,1-2H3;1-2H3/b;;;8-7-;;. The third-order valence-corrected chi connectivity index (χ3v) is 8.39. The summed E-state index contributed by atoms with van der Waals surface area (Å²) < 4.78 is 12.8. The van der Waals surface area contributed by atoms with E-state index >= 15 is 0 Å². The number of piperidine rings is 1. The molecule has 0 unspecified atom stereocenters. The summed E-state index contributed by atoms with van der Waals surface area (Å²) in [6.45, 7) is 30.6. The van der Waals surface area contributed by atoms with Crippen molar-refractivity contribution in [2.45, 2.75) is 121 Å². The van der Waals surface area contributed by atoms with E-state index in [0.717, 1.165) is 37.2 Å². The van der Waals surface area contributed by atoms with Crippen molar-refractivity contribution in [1.29, 1.82) is 0 Å². The highest BCUT2D eigenvalue weighted by Gasteiger charge is 2.21. The summed E-state index contributed by atoms with van der Waals surface area (Å²) in [6, 6.07) is 16.9. The number of nitrogens with one attached hydrogen (secondary N) is 1. The number of Topliss-reactive ketones (excluding diaryl/α,β-unsaturated/α-hetero) is 1. The summed E-state index contributed by atoms with van der Waals surface area (Å²) in [5.41, 5.74) is 8.89. The number of carbonyl (C=O) groups excluding carboxylic acids is 1. The maximum absolute atomic E-state index is 12.8. The van der Waals surface area contributed by atoms with Crippen LogP contribution in [0, 0.1) is 38.9 Å². The highest BCUT2D eigenvalue weighted by Crippen LogP contribution is 2.27. The molecule has 0 saturated carbocycles. The van der Waals surface area contributed by atoms with Crippen LogP contribution in [0.15, 0.2) is 78.4 Å². The molecule has 1 N–H and O–H groups in total. The molecule has 2 heterocycles. The first-order valence-corrected chi connectivity index (χ1v) is 19.7. The minimum Gasteiger partial charge on any atom is -0.320 e. The van der Waals surface area contributed by atoms with Crippen LogP contribution in [-0.4, -0.2) is 48.9 Å². The molecule has 0 radical (unpaired) electrons. The molecule has 1 aliphatic heterocycles. The zero-order valence-corrected chi connectivity index (χ0v) is 36.0. The third kappa shape index (κ3) is 25.2. The number of hydrogen-bond acceptors (Lipinski definition) is 4. The number of aromatic nitrogens is 1. The molecule has 0 amide bonds. The summed E-state index contributed by atoms with van der Waals surface area (Å²) in [6.07, 6.45) is 13.5. The van der Waals surface area contributed by atoms with Crippen molar-refractivity contribution in [3.63, 3.8) is 0 Å². The number of allylic oxidation sites excluding steroid dienone is 2. The molecular formula is C47H71ClFN3O. The molecule has 4 nitrogen and oxygen atoms in total. The van der Waals surface area contributed by atoms with Crippen molar-refractivity contribution >= 4 is 17.4 Å². The summed E-state index contributed by atoms with van der Waals surface area (Å²) in [5.74, 6) is 3.15. The van der Waals surface area contributed by atoms with Crippen LogP contribution in [0.25, 0.3) is 0 Å². The molecule has 1 aliphatic rings. The molecule has 0 spiro atoms. The minimum atomic E-state index is -0.213. The second-order valence-electron chi connectivity index (χ2n) is 13.1. The average Bonchev–Trinajstić information content (AvgIpc) is 3.12. The van der Waals surface area contributed by atoms with E-state index in [4.69, 9.17) is 18.0 Å². The number of nitrogens with zero attached hydrogens (tertiary/aromatic N) is 2. The van der Waals surface area contributed by atoms with Crippen molar-refractivity contribution in [2.75, 3.05) is 33.2 Å². The number of aryl methyl sites for hydroxylation is 4. The van der Waals surface area contributed by atoms with Gasteiger partial charge in [-0.25, -0.2) is 4.39 Å². The molecular weight excluding hydrogens is 677 g/mol. The fourth-order valence-electron chi connectivity index (χ4n) is 5.16. The first-order chi connectivity index (χ1) is 25.2. The number of benzene rings is 2. The van der Waals surface area contributed by atoms with Crippen LogP contribution < -0.4 is 5.32 Å². The van der Waals surface area contributed by atoms with Gasteiger partial charge in [-0.3, -0.25) is 14.7 Å². The van der Waals surface area contributed by atoms with E-state index in [-0.39, 0.29) is 11.6 Å². The van der Waals surface area contributed by atoms with E-state index in [1.165, 1.54) is 66.4 Å². The second-order valence-corrected chi connectivity index (χ2v) is 13.5. The Morgan fingerprint density at radius 2 is 1.66 bits per heavy atom. The van der Waals surface area contributed by atoms with Gasteiger partial charge in [0.25, 0.3) is 0 Å². The fourth-order valence-corrected chi connectivity index (χ4v) is 5.32. The zero-order chi connectivity index (χ0) is 40.8. The Bertz CT molecular complexity index is 1510. The number of likely N-dealkylation sites (tertiary alicyclic amines) is 1. The topological polar surface area (TPSA) is 45.2 Å². The highest BCUT2D eigenvalue weighted by molar-refractivity contribution is 6.30. The lowest BCUT2D eigenvalue weighted by molar-refractivity contribution is 0.101. The van der Waals surface area contributed by atoms with Gasteiger partial charge in [0.2, 0.25) is 0 Å². The van der Waals surface area contributed by atoms with Gasteiger partial charge in [0, 0.05) is 40.9 Å². The van der Waals surface area contributed by atoms with Gasteiger partial charge >= 0.3 is 0 Å². The first-order valence-electron chi connectivity index (χ1n) is 19.3. The van der Waals surface area contributed by atoms with Gasteiger partial charge in [0.05, 0.1) is 0 Å². The van der Waals surface area contributed by atoms with Crippen LogP contribution in [0.1, 0.15) is 132 Å². The average molecular weight is 749 g/mol. The van der Waals surface area contributed by atoms with Gasteiger partial charge in [-0.05, 0) is 147 Å². The van der Waals surface area contributed by atoms with Gasteiger partial charge in [-0.2, -0.15) is 0 Å². The van der Waals surface area contributed by atoms with Gasteiger partial charge in [0.15, 0.2) is 5.78 Å². The van der Waals surface area contributed by atoms with Gasteiger partial charge < -0.3 is 5.32 Å². The maximum atomic E-state index is 12.8. The lowest BCUT2D eigenvalue weighted by Crippen LogP contribution is -2.34. The summed E-state index contributed by atoms with van der Waals surface area (Å²) in [7, 11) is 1.96. The van der Waals surface area contributed by atoms with E-state index in [0.29, 0.717) is 22.9 Å². The smallest absolute Gasteiger partial charge is 0.159 e. The molecule has 294 valence electrons. The number of terminal acetylenes is 1. The van der Waals surface area contributed by atoms with E-state index in [1.54, 1.807) is 19.1 Å². The SMILES string of the molecule is C#CC/C(C)=C\CC.C=C(C)CN1CCC(c2cccc(C)n2)CC1.CC.CC(=O)c1ccc(C)c(C)c1.CCCNC.CCc1ccc(Cl)cc1F. The first kappa shape index (κ1) is 51.5. The van der Waals surface area contributed by atoms with E-state index in [2.05, 4.69) is 86.6 Å². The van der Waals surface area contributed by atoms with E-state index < -0.39 is 0 Å². The largest absolute Gasteiger partial charge is 0.320 e. The predicted octanol–water partition coefficient (Wildman–Crippen LogP) is 12.7. The second kappa shape index (κ2) is 31.9. The van der Waals surface area contributed by atoms with Crippen LogP contribution in [0.2, 0.25) is 5.02 Å². The lowest BCUT2D eigenvalue weighted by atomic mass is 9.93. The van der Waals surface area contributed by atoms with Crippen molar-refractivity contribution in [2.24, 2.45) is 0 Å². The van der Waals surface area contributed by atoms with Crippen molar-refractivity contribution in [3.8, 4) is 12.3 Å². The van der Waals surface area contributed by atoms with Crippen LogP contribution in [0.4, 0.5) is 4.39 Å². The Kier molecular flexibility index (Phi) is 31.0. The van der Waals surface area contributed by atoms with Crippen molar-refractivity contribution in [1.82, 2.24) is 15.2 Å². The van der Waals surface area contributed by atoms with E-state index in [1.807, 2.05) is 59.9 Å². The molecule has 0 bridgehead atoms. The van der Waals surface area contributed by atoms with Crippen LogP contribution in [-0.2, 0) is 6.42 Å². The quantitative estimate of drug-likeness (QED) is 0.134. The molecule has 0 aliphatic carbocycles. The Balaban J connectivity index is 0. The Morgan fingerprint density at radius 1 is 1.02 bits per heavy atom. The Hall–Kier alpha value is -3.56. The monoisotopic (exact) mass is 748 g/mol. The number of pyridine rings is 1. The molecule has 2 aromatic carbocycles. The summed E-state index contributed by atoms with van der Waals surface area (Å²) >= 11 is 5.53. The number of rotatable bonds is 9. The van der Waals surface area contributed by atoms with Crippen molar-refractivity contribution in [3.05, 3.63) is 123 Å². The predicted molar refractivity (Wildman–Crippen MR) is 232 cm³/mol. The molecule has 0 atom stereocenters. The van der Waals surface area contributed by atoms with Gasteiger partial charge in [0.1, 0.15) is 5.82 Å². The molecule has 6 heteroatoms. The lowest BCUT2D eigenvalue weighted by Gasteiger charge is -2.31. The number of ketones is 1. The third-order valence-electron chi connectivity index (χ3n) is 8.15. The number of carbonyl (C=O) groups is 1. The molecule has 1 saturated heterocycles. The van der Waals surface area contributed by atoms with Crippen molar-refractivity contribution < 1.29 is 9.18 Å². The molecule has 1 fully saturated rings. The fraction of sp³-hybridized carbons (Fsp3) is 0.489. The molecule has 1 aromatic heterocycles. The maximum Gasteiger partial charge on any atom is 0.159 e. The normalized spacial score (nSPS) is 12.3. The minimum absolute atomic E-state index is 0.133. The van der Waals surface area contributed by atoms with Crippen LogP contribution in [0.5, 0.6) is 0 Å². The molecule has 53 heavy (non-hydrogen) atoms. The van der Waals surface area contributed by atoms with Gasteiger partial charge in [-0.15, -0.1) is 12.3 Å². The highest BCUT2D eigenvalue weighted by atomic mass is 35.5. The van der Waals surface area contributed by atoms with E-state index in [9.17, 15) is 9.18 Å². The van der Waals surface area contributed by atoms with Crippen LogP contribution in [0.3, 0.4) is 0 Å². The molecule has 4 rings (SSSR count). The number of halogens is 2.